The van der Waals surface area contributed by atoms with Crippen LogP contribution >= 0.6 is 0 Å². The molecule has 2 aromatic rings. The molecule has 2 aromatic carbocycles. The van der Waals surface area contributed by atoms with Gasteiger partial charge in [-0.2, -0.15) is 0 Å². The van der Waals surface area contributed by atoms with Gasteiger partial charge in [0, 0.05) is 32.1 Å². The second-order valence-electron chi connectivity index (χ2n) is 8.55. The Morgan fingerprint density at radius 3 is 1.97 bits per heavy atom. The number of ether oxygens (including phenoxy) is 1. The van der Waals surface area contributed by atoms with Gasteiger partial charge in [-0.1, -0.05) is 60.7 Å². The summed E-state index contributed by atoms with van der Waals surface area (Å²) in [6, 6.07) is 20.7. The van der Waals surface area contributed by atoms with Gasteiger partial charge < -0.3 is 4.74 Å². The molecule has 0 aromatic heterocycles. The summed E-state index contributed by atoms with van der Waals surface area (Å²) in [6.45, 7) is 7.34. The van der Waals surface area contributed by atoms with Gasteiger partial charge in [-0.05, 0) is 38.3 Å². The van der Waals surface area contributed by atoms with E-state index in [1.165, 1.54) is 16.0 Å². The number of imide groups is 1. The molecule has 0 radical (unpaired) electrons. The minimum atomic E-state index is -0.610. The average Bonchev–Trinajstić information content (AvgIpc) is 2.67. The van der Waals surface area contributed by atoms with E-state index in [9.17, 15) is 9.59 Å². The third-order valence-corrected chi connectivity index (χ3v) is 4.98. The number of likely N-dealkylation sites (tertiary alicyclic amines) is 1. The highest BCUT2D eigenvalue weighted by Crippen LogP contribution is 2.23. The number of carbonyl (C=O) groups excluding carboxylic acids is 2. The Bertz CT molecular complexity index is 774. The van der Waals surface area contributed by atoms with Gasteiger partial charge in [0.1, 0.15) is 5.60 Å². The van der Waals surface area contributed by atoms with Crippen LogP contribution in [0.15, 0.2) is 60.7 Å². The Kier molecular flexibility index (Phi) is 6.70. The van der Waals surface area contributed by atoms with Crippen molar-refractivity contribution < 1.29 is 14.3 Å². The van der Waals surface area contributed by atoms with Crippen LogP contribution in [-0.4, -0.2) is 40.0 Å². The van der Waals surface area contributed by atoms with Gasteiger partial charge in [-0.25, -0.2) is 9.69 Å². The van der Waals surface area contributed by atoms with Crippen molar-refractivity contribution in [3.63, 3.8) is 0 Å². The number of amides is 2. The highest BCUT2D eigenvalue weighted by molar-refractivity contribution is 5.93. The summed E-state index contributed by atoms with van der Waals surface area (Å²) >= 11 is 0. The maximum absolute atomic E-state index is 12.7. The third-order valence-electron chi connectivity index (χ3n) is 4.98. The first-order chi connectivity index (χ1) is 13.8. The minimum Gasteiger partial charge on any atom is -0.443 e. The van der Waals surface area contributed by atoms with Crippen molar-refractivity contribution in [3.05, 3.63) is 71.8 Å². The van der Waals surface area contributed by atoms with Crippen LogP contribution in [0.4, 0.5) is 4.79 Å². The number of nitrogens with zero attached hydrogens (tertiary/aromatic N) is 2. The Morgan fingerprint density at radius 1 is 1.00 bits per heavy atom. The number of rotatable bonds is 5. The topological polar surface area (TPSA) is 49.9 Å². The van der Waals surface area contributed by atoms with Crippen LogP contribution in [0.25, 0.3) is 0 Å². The highest BCUT2D eigenvalue weighted by Gasteiger charge is 2.35. The molecule has 0 N–H and O–H groups in total. The molecule has 0 spiro atoms. The van der Waals surface area contributed by atoms with Crippen molar-refractivity contribution in [2.75, 3.05) is 6.54 Å². The monoisotopic (exact) mass is 394 g/mol. The molecule has 5 nitrogen and oxygen atoms in total. The van der Waals surface area contributed by atoms with Crippen LogP contribution in [0, 0.1) is 0 Å². The molecule has 0 bridgehead atoms. The largest absolute Gasteiger partial charge is 0.443 e. The SMILES string of the molecule is CC(C)(C)OC(=O)N1CC[C@@H](N(Cc2ccccc2)Cc2ccccc2)CC1=O. The van der Waals surface area contributed by atoms with Crippen molar-refractivity contribution in [1.29, 1.82) is 0 Å². The molecular formula is C24H30N2O3. The van der Waals surface area contributed by atoms with Gasteiger partial charge in [-0.15, -0.1) is 0 Å². The first-order valence-electron chi connectivity index (χ1n) is 10.2. The highest BCUT2D eigenvalue weighted by atomic mass is 16.6. The molecule has 0 aliphatic carbocycles. The van der Waals surface area contributed by atoms with Crippen LogP contribution in [-0.2, 0) is 22.6 Å². The summed E-state index contributed by atoms with van der Waals surface area (Å²) in [4.78, 5) is 28.7. The molecule has 5 heteroatoms. The lowest BCUT2D eigenvalue weighted by Crippen LogP contribution is -2.50. The average molecular weight is 395 g/mol. The van der Waals surface area contributed by atoms with E-state index in [4.69, 9.17) is 4.74 Å². The van der Waals surface area contributed by atoms with Gasteiger partial charge in [0.15, 0.2) is 0 Å². The smallest absolute Gasteiger partial charge is 0.417 e. The van der Waals surface area contributed by atoms with Gasteiger partial charge >= 0.3 is 6.09 Å². The Morgan fingerprint density at radius 2 is 1.52 bits per heavy atom. The van der Waals surface area contributed by atoms with E-state index >= 15 is 0 Å². The van der Waals surface area contributed by atoms with E-state index in [1.807, 2.05) is 57.2 Å². The third kappa shape index (κ3) is 6.16. The quantitative estimate of drug-likeness (QED) is 0.743. The molecule has 1 aliphatic heterocycles. The van der Waals surface area contributed by atoms with Crippen molar-refractivity contribution in [2.24, 2.45) is 0 Å². The van der Waals surface area contributed by atoms with E-state index < -0.39 is 11.7 Å². The number of piperidine rings is 1. The zero-order valence-corrected chi connectivity index (χ0v) is 17.5. The molecule has 1 heterocycles. The van der Waals surface area contributed by atoms with Gasteiger partial charge in [0.25, 0.3) is 0 Å². The molecule has 29 heavy (non-hydrogen) atoms. The summed E-state index contributed by atoms with van der Waals surface area (Å²) in [7, 11) is 0. The van der Waals surface area contributed by atoms with Gasteiger partial charge in [0.2, 0.25) is 5.91 Å². The van der Waals surface area contributed by atoms with E-state index in [-0.39, 0.29) is 11.9 Å². The molecule has 1 atom stereocenters. The minimum absolute atomic E-state index is 0.0848. The van der Waals surface area contributed by atoms with Gasteiger partial charge in [-0.3, -0.25) is 9.69 Å². The van der Waals surface area contributed by atoms with Crippen molar-refractivity contribution in [1.82, 2.24) is 9.80 Å². The maximum atomic E-state index is 12.7. The fraction of sp³-hybridized carbons (Fsp3) is 0.417. The lowest BCUT2D eigenvalue weighted by molar-refractivity contribution is -0.134. The fourth-order valence-electron chi connectivity index (χ4n) is 3.59. The normalized spacial score (nSPS) is 17.4. The maximum Gasteiger partial charge on any atom is 0.417 e. The second kappa shape index (κ2) is 9.23. The van der Waals surface area contributed by atoms with Crippen LogP contribution < -0.4 is 0 Å². The molecule has 2 amide bonds. The predicted molar refractivity (Wildman–Crippen MR) is 113 cm³/mol. The Hall–Kier alpha value is -2.66. The molecule has 3 rings (SSSR count). The van der Waals surface area contributed by atoms with E-state index in [0.717, 1.165) is 19.5 Å². The van der Waals surface area contributed by atoms with Crippen molar-refractivity contribution in [3.8, 4) is 0 Å². The summed E-state index contributed by atoms with van der Waals surface area (Å²) in [5.74, 6) is -0.165. The van der Waals surface area contributed by atoms with E-state index in [0.29, 0.717) is 13.0 Å². The first-order valence-corrected chi connectivity index (χ1v) is 10.2. The lowest BCUT2D eigenvalue weighted by Gasteiger charge is -2.38. The second-order valence-corrected chi connectivity index (χ2v) is 8.55. The van der Waals surface area contributed by atoms with Crippen LogP contribution in [0.3, 0.4) is 0 Å². The molecule has 0 saturated carbocycles. The van der Waals surface area contributed by atoms with Crippen molar-refractivity contribution in [2.45, 2.75) is 58.3 Å². The summed E-state index contributed by atoms with van der Waals surface area (Å²) < 4.78 is 5.39. The molecule has 154 valence electrons. The molecule has 1 aliphatic rings. The Labute approximate surface area is 173 Å². The van der Waals surface area contributed by atoms with Crippen LogP contribution in [0.5, 0.6) is 0 Å². The van der Waals surface area contributed by atoms with E-state index in [2.05, 4.69) is 29.2 Å². The van der Waals surface area contributed by atoms with Crippen LogP contribution in [0.2, 0.25) is 0 Å². The Balaban J connectivity index is 1.71. The molecule has 0 unspecified atom stereocenters. The zero-order valence-electron chi connectivity index (χ0n) is 17.5. The number of carbonyl (C=O) groups is 2. The molecule has 1 saturated heterocycles. The van der Waals surface area contributed by atoms with Gasteiger partial charge in [0.05, 0.1) is 0 Å². The molecular weight excluding hydrogens is 364 g/mol. The standard InChI is InChI=1S/C24H30N2O3/c1-24(2,3)29-23(28)26-15-14-21(16-22(26)27)25(17-19-10-6-4-7-11-19)18-20-12-8-5-9-13-20/h4-13,21H,14-18H2,1-3H3/t21-/m1/s1. The van der Waals surface area contributed by atoms with Crippen LogP contribution in [0.1, 0.15) is 44.7 Å². The lowest BCUT2D eigenvalue weighted by atomic mass is 10.0. The van der Waals surface area contributed by atoms with Crippen molar-refractivity contribution >= 4 is 12.0 Å². The zero-order chi connectivity index (χ0) is 20.9. The summed E-state index contributed by atoms with van der Waals surface area (Å²) in [5.41, 5.74) is 1.82. The van der Waals surface area contributed by atoms with E-state index in [1.54, 1.807) is 0 Å². The number of hydrogen-bond donors (Lipinski definition) is 0. The molecule has 1 fully saturated rings. The first kappa shape index (κ1) is 21.1. The fourth-order valence-corrected chi connectivity index (χ4v) is 3.59. The number of benzene rings is 2. The summed E-state index contributed by atoms with van der Waals surface area (Å²) in [5, 5.41) is 0. The number of hydrogen-bond acceptors (Lipinski definition) is 4. The summed E-state index contributed by atoms with van der Waals surface area (Å²) in [6.07, 6.45) is 0.516. The predicted octanol–water partition coefficient (Wildman–Crippen LogP) is 4.61.